The van der Waals surface area contributed by atoms with Gasteiger partial charge in [0.25, 0.3) is 0 Å². The van der Waals surface area contributed by atoms with Crippen LogP contribution in [0.15, 0.2) is 133 Å². The summed E-state index contributed by atoms with van der Waals surface area (Å²) in [7, 11) is 0. The Labute approximate surface area is 418 Å². The summed E-state index contributed by atoms with van der Waals surface area (Å²) in [6.07, 6.45) is 3.54. The highest BCUT2D eigenvalue weighted by Gasteiger charge is 2.44. The van der Waals surface area contributed by atoms with Crippen LogP contribution < -0.4 is 0 Å². The lowest BCUT2D eigenvalue weighted by molar-refractivity contribution is 0.0714. The Hall–Kier alpha value is -6.04. The Morgan fingerprint density at radius 2 is 0.833 bits per heavy atom. The van der Waals surface area contributed by atoms with E-state index < -0.39 is 5.41 Å². The van der Waals surface area contributed by atoms with Gasteiger partial charge in [-0.1, -0.05) is 109 Å². The molecule has 10 aromatic rings. The van der Waals surface area contributed by atoms with Gasteiger partial charge in [-0.05, 0) is 164 Å². The van der Waals surface area contributed by atoms with Crippen LogP contribution in [-0.4, -0.2) is 97.1 Å². The molecule has 1 aliphatic carbocycles. The van der Waals surface area contributed by atoms with Gasteiger partial charge in [-0.15, -0.1) is 0 Å². The predicted octanol–water partition coefficient (Wildman–Crippen LogP) is 12.6. The van der Waals surface area contributed by atoms with E-state index in [2.05, 4.69) is 133 Å². The molecule has 0 amide bonds. The molecule has 0 aromatic heterocycles. The van der Waals surface area contributed by atoms with E-state index in [1.165, 1.54) is 120 Å². The highest BCUT2D eigenvalue weighted by Crippen LogP contribution is 2.55. The third kappa shape index (κ3) is 7.92. The summed E-state index contributed by atoms with van der Waals surface area (Å²) in [5.74, 6) is 0. The summed E-state index contributed by atoms with van der Waals surface area (Å²) in [6.45, 7) is 8.20. The van der Waals surface area contributed by atoms with Crippen LogP contribution >= 0.6 is 0 Å². The SMILES string of the molecule is c1cc2c(cc1-c1ccc3ccc4cc(CCOCC5CO5)cc5ccc1c3c45)C(CCCOCC1CO1)(COCC1CO1)c1cc(-c3ccc4ccc5cc(COCC6CO6)cc6ccc3c4c56)ccc1-2. The second-order valence-corrected chi connectivity index (χ2v) is 21.1. The van der Waals surface area contributed by atoms with E-state index in [0.29, 0.717) is 52.9 Å². The zero-order chi connectivity index (χ0) is 47.3. The first-order valence-corrected chi connectivity index (χ1v) is 26.1. The van der Waals surface area contributed by atoms with Crippen molar-refractivity contribution in [1.82, 2.24) is 0 Å². The van der Waals surface area contributed by atoms with Crippen molar-refractivity contribution in [3.05, 3.63) is 156 Å². The Bertz CT molecular complexity index is 3660. The van der Waals surface area contributed by atoms with Crippen LogP contribution in [0.4, 0.5) is 0 Å². The molecule has 4 saturated heterocycles. The van der Waals surface area contributed by atoms with Crippen molar-refractivity contribution in [2.24, 2.45) is 0 Å². The van der Waals surface area contributed by atoms with Gasteiger partial charge < -0.3 is 37.9 Å². The van der Waals surface area contributed by atoms with Crippen molar-refractivity contribution in [3.8, 4) is 33.4 Å². The van der Waals surface area contributed by atoms with Crippen molar-refractivity contribution in [1.29, 1.82) is 0 Å². The van der Waals surface area contributed by atoms with Crippen molar-refractivity contribution in [2.75, 3.05) is 72.7 Å². The van der Waals surface area contributed by atoms with E-state index in [1.807, 2.05) is 0 Å². The Balaban J connectivity index is 0.830. The first-order valence-electron chi connectivity index (χ1n) is 26.1. The van der Waals surface area contributed by atoms with E-state index in [0.717, 1.165) is 45.7 Å². The molecule has 4 heterocycles. The second kappa shape index (κ2) is 17.6. The zero-order valence-electron chi connectivity index (χ0n) is 40.4. The van der Waals surface area contributed by atoms with Crippen LogP contribution in [-0.2, 0) is 56.3 Å². The normalized spacial score (nSPS) is 21.8. The number of hydrogen-bond acceptors (Lipinski definition) is 8. The molecule has 5 aliphatic rings. The molecule has 8 nitrogen and oxygen atoms in total. The van der Waals surface area contributed by atoms with E-state index in [1.54, 1.807) is 0 Å². The summed E-state index contributed by atoms with van der Waals surface area (Å²) in [5.41, 5.74) is 12.1. The maximum atomic E-state index is 6.84. The number of ether oxygens (including phenoxy) is 8. The maximum absolute atomic E-state index is 6.84. The topological polar surface area (TPSA) is 87.0 Å². The molecule has 8 heteroatoms. The number of fused-ring (bicyclic) bond motifs is 3. The van der Waals surface area contributed by atoms with Gasteiger partial charge in [0.15, 0.2) is 0 Å². The van der Waals surface area contributed by atoms with E-state index in [9.17, 15) is 0 Å². The minimum Gasteiger partial charge on any atom is -0.379 e. The van der Waals surface area contributed by atoms with E-state index in [4.69, 9.17) is 37.9 Å². The third-order valence-corrected chi connectivity index (χ3v) is 16.2. The molecule has 72 heavy (non-hydrogen) atoms. The molecular weight excluding hydrogens is 897 g/mol. The zero-order valence-corrected chi connectivity index (χ0v) is 40.4. The van der Waals surface area contributed by atoms with Crippen LogP contribution in [0.25, 0.3) is 98.0 Å². The molecule has 0 bridgehead atoms. The smallest absolute Gasteiger partial charge is 0.104 e. The lowest BCUT2D eigenvalue weighted by Gasteiger charge is -2.33. The third-order valence-electron chi connectivity index (χ3n) is 16.2. The van der Waals surface area contributed by atoms with Crippen LogP contribution in [0.1, 0.15) is 35.1 Å². The quantitative estimate of drug-likeness (QED) is 0.0400. The highest BCUT2D eigenvalue weighted by molar-refractivity contribution is 6.27. The van der Waals surface area contributed by atoms with E-state index >= 15 is 0 Å². The summed E-state index contributed by atoms with van der Waals surface area (Å²) < 4.78 is 47.1. The first kappa shape index (κ1) is 43.5. The molecule has 5 unspecified atom stereocenters. The van der Waals surface area contributed by atoms with Gasteiger partial charge in [0.1, 0.15) is 24.4 Å². The van der Waals surface area contributed by atoms with Crippen molar-refractivity contribution >= 4 is 64.6 Å². The van der Waals surface area contributed by atoms with Gasteiger partial charge in [-0.25, -0.2) is 0 Å². The van der Waals surface area contributed by atoms with Crippen molar-refractivity contribution < 1.29 is 37.9 Å². The highest BCUT2D eigenvalue weighted by atomic mass is 16.6. The molecule has 0 saturated carbocycles. The summed E-state index contributed by atoms with van der Waals surface area (Å²) in [4.78, 5) is 0. The van der Waals surface area contributed by atoms with Gasteiger partial charge >= 0.3 is 0 Å². The van der Waals surface area contributed by atoms with Gasteiger partial charge in [-0.3, -0.25) is 0 Å². The fourth-order valence-electron chi connectivity index (χ4n) is 12.3. The van der Waals surface area contributed by atoms with Gasteiger partial charge in [-0.2, -0.15) is 0 Å². The fourth-order valence-corrected chi connectivity index (χ4v) is 12.3. The Morgan fingerprint density at radius 1 is 0.403 bits per heavy atom. The number of benzene rings is 10. The summed E-state index contributed by atoms with van der Waals surface area (Å²) >= 11 is 0. The van der Waals surface area contributed by atoms with Crippen LogP contribution in [0.5, 0.6) is 0 Å². The number of epoxide rings is 4. The molecule has 10 aromatic carbocycles. The average Bonchev–Trinajstić information content (AvgIpc) is 4.17. The fraction of sp³-hybridized carbons (Fsp3) is 0.312. The molecule has 4 aliphatic heterocycles. The molecule has 15 rings (SSSR count). The molecule has 0 N–H and O–H groups in total. The van der Waals surface area contributed by atoms with Crippen LogP contribution in [0.3, 0.4) is 0 Å². The molecule has 0 spiro atoms. The molecule has 0 radical (unpaired) electrons. The average molecular weight is 953 g/mol. The number of rotatable bonds is 21. The molecular formula is C64H56O8. The molecule has 360 valence electrons. The Kier molecular flexibility index (Phi) is 10.6. The summed E-state index contributed by atoms with van der Waals surface area (Å²) in [5, 5.41) is 15.3. The maximum Gasteiger partial charge on any atom is 0.104 e. The number of hydrogen-bond donors (Lipinski definition) is 0. The van der Waals surface area contributed by atoms with Crippen LogP contribution in [0.2, 0.25) is 0 Å². The van der Waals surface area contributed by atoms with E-state index in [-0.39, 0.29) is 24.4 Å². The minimum atomic E-state index is -0.436. The molecule has 5 atom stereocenters. The largest absolute Gasteiger partial charge is 0.379 e. The Morgan fingerprint density at radius 3 is 1.36 bits per heavy atom. The lowest BCUT2D eigenvalue weighted by atomic mass is 9.74. The molecule has 4 fully saturated rings. The monoisotopic (exact) mass is 952 g/mol. The van der Waals surface area contributed by atoms with Gasteiger partial charge in [0.2, 0.25) is 0 Å². The predicted molar refractivity (Wildman–Crippen MR) is 285 cm³/mol. The second-order valence-electron chi connectivity index (χ2n) is 21.1. The van der Waals surface area contributed by atoms with Gasteiger partial charge in [0, 0.05) is 12.0 Å². The van der Waals surface area contributed by atoms with Crippen molar-refractivity contribution in [2.45, 2.75) is 55.7 Å². The van der Waals surface area contributed by atoms with Gasteiger partial charge in [0.05, 0.1) is 72.7 Å². The minimum absolute atomic E-state index is 0.157. The van der Waals surface area contributed by atoms with Crippen LogP contribution in [0, 0.1) is 0 Å². The summed E-state index contributed by atoms with van der Waals surface area (Å²) in [6, 6.07) is 51.5. The first-order chi connectivity index (χ1) is 35.6. The standard InChI is InChI=1S/C64H56O8/c1(20-65-29-48-33-69-48)19-64(37-68-32-51-36-72-51)58-26-42(52-12-6-40-2-4-44-22-38(18-21-66-30-49-34-70-49)23-46-10-16-56(52)62(40)60(44)46)8-14-54(58)55-15-9-43(27-59(55)64)53-13-7-41-3-5-45-24-39(28-67-31-50-35-71-50)25-47-11-17-57(53)63(41)61(45)47/h2-17,22-27,48-51H,1,18-21,28-37H2. The lowest BCUT2D eigenvalue weighted by Crippen LogP contribution is -2.32. The van der Waals surface area contributed by atoms with Crippen molar-refractivity contribution in [3.63, 3.8) is 0 Å².